The lowest BCUT2D eigenvalue weighted by Gasteiger charge is -2.26. The van der Waals surface area contributed by atoms with Crippen LogP contribution in [0.1, 0.15) is 34.1 Å². The lowest BCUT2D eigenvalue weighted by molar-refractivity contribution is -0.131. The third-order valence-corrected chi connectivity index (χ3v) is 3.58. The fraction of sp³-hybridized carbons (Fsp3) is 0.857. The number of carbonyl (C=O) groups excluding carboxylic acids is 1. The molecule has 0 bridgehead atoms. The molecule has 0 radical (unpaired) electrons. The standard InChI is InChI=1S/C14H28N4O.HI/c1-6-15-14(16-12-9-11(12)4)17(5)10-13(19)18(7-2)8-3;/h11-12H,6-10H2,1-5H3,(H,15,16);1H. The highest BCUT2D eigenvalue weighted by atomic mass is 127. The van der Waals surface area contributed by atoms with E-state index >= 15 is 0 Å². The molecule has 1 aliphatic rings. The van der Waals surface area contributed by atoms with Crippen LogP contribution in [-0.4, -0.2) is 60.9 Å². The van der Waals surface area contributed by atoms with Crippen LogP contribution in [0.2, 0.25) is 0 Å². The molecule has 1 aliphatic carbocycles. The zero-order valence-corrected chi connectivity index (χ0v) is 15.7. The molecule has 0 aromatic carbocycles. The molecule has 1 rings (SSSR count). The molecular weight excluding hydrogens is 367 g/mol. The number of nitrogens with one attached hydrogen (secondary N) is 1. The van der Waals surface area contributed by atoms with Gasteiger partial charge in [-0.3, -0.25) is 9.79 Å². The number of rotatable bonds is 6. The molecule has 2 unspecified atom stereocenters. The van der Waals surface area contributed by atoms with E-state index in [2.05, 4.69) is 17.2 Å². The number of guanidine groups is 1. The van der Waals surface area contributed by atoms with Crippen molar-refractivity contribution in [3.63, 3.8) is 0 Å². The van der Waals surface area contributed by atoms with Gasteiger partial charge in [0, 0.05) is 32.7 Å². The van der Waals surface area contributed by atoms with E-state index in [0.29, 0.717) is 18.5 Å². The Balaban J connectivity index is 0.00000361. The molecule has 5 nitrogen and oxygen atoms in total. The zero-order valence-electron chi connectivity index (χ0n) is 13.3. The van der Waals surface area contributed by atoms with Crippen molar-refractivity contribution in [2.45, 2.75) is 40.2 Å². The molecule has 20 heavy (non-hydrogen) atoms. The largest absolute Gasteiger partial charge is 0.353 e. The maximum Gasteiger partial charge on any atom is 0.242 e. The highest BCUT2D eigenvalue weighted by molar-refractivity contribution is 14.0. The molecule has 118 valence electrons. The van der Waals surface area contributed by atoms with Gasteiger partial charge in [-0.15, -0.1) is 24.0 Å². The Kier molecular flexibility index (Phi) is 9.16. The molecule has 0 aromatic heterocycles. The molecule has 0 saturated heterocycles. The Morgan fingerprint density at radius 2 is 1.85 bits per heavy atom. The molecule has 1 fully saturated rings. The van der Waals surface area contributed by atoms with Gasteiger partial charge in [0.1, 0.15) is 0 Å². The van der Waals surface area contributed by atoms with Crippen molar-refractivity contribution in [1.82, 2.24) is 15.1 Å². The van der Waals surface area contributed by atoms with Crippen LogP contribution in [0, 0.1) is 5.92 Å². The Hall–Kier alpha value is -0.530. The second-order valence-corrected chi connectivity index (χ2v) is 5.18. The van der Waals surface area contributed by atoms with Crippen molar-refractivity contribution in [2.24, 2.45) is 10.9 Å². The SMILES string of the molecule is CCN=C(NC1CC1C)N(C)CC(=O)N(CC)CC.I. The molecular formula is C14H29IN4O. The predicted octanol–water partition coefficient (Wildman–Crippen LogP) is 1.78. The number of carbonyl (C=O) groups is 1. The topological polar surface area (TPSA) is 47.9 Å². The van der Waals surface area contributed by atoms with Gasteiger partial charge in [0.05, 0.1) is 6.54 Å². The number of hydrogen-bond donors (Lipinski definition) is 1. The Bertz CT molecular complexity index is 331. The second-order valence-electron chi connectivity index (χ2n) is 5.18. The Labute approximate surface area is 140 Å². The Morgan fingerprint density at radius 3 is 2.25 bits per heavy atom. The highest BCUT2D eigenvalue weighted by Crippen LogP contribution is 2.29. The third-order valence-electron chi connectivity index (χ3n) is 3.58. The van der Waals surface area contributed by atoms with Crippen LogP contribution in [0.5, 0.6) is 0 Å². The van der Waals surface area contributed by atoms with Crippen LogP contribution in [0.3, 0.4) is 0 Å². The number of aliphatic imine (C=N–C) groups is 1. The third kappa shape index (κ3) is 5.85. The van der Waals surface area contributed by atoms with Crippen molar-refractivity contribution >= 4 is 35.8 Å². The quantitative estimate of drug-likeness (QED) is 0.423. The molecule has 2 atom stereocenters. The first kappa shape index (κ1) is 19.5. The van der Waals surface area contributed by atoms with Gasteiger partial charge in [-0.05, 0) is 33.1 Å². The number of amides is 1. The van der Waals surface area contributed by atoms with Crippen LogP contribution < -0.4 is 5.32 Å². The van der Waals surface area contributed by atoms with E-state index in [1.165, 1.54) is 6.42 Å². The van der Waals surface area contributed by atoms with Gasteiger partial charge in [-0.25, -0.2) is 0 Å². The zero-order chi connectivity index (χ0) is 14.4. The molecule has 1 amide bonds. The van der Waals surface area contributed by atoms with Gasteiger partial charge in [0.15, 0.2) is 5.96 Å². The van der Waals surface area contributed by atoms with Crippen molar-refractivity contribution in [3.8, 4) is 0 Å². The fourth-order valence-corrected chi connectivity index (χ4v) is 2.07. The van der Waals surface area contributed by atoms with Gasteiger partial charge in [0.2, 0.25) is 5.91 Å². The van der Waals surface area contributed by atoms with Gasteiger partial charge < -0.3 is 15.1 Å². The summed E-state index contributed by atoms with van der Waals surface area (Å²) >= 11 is 0. The van der Waals surface area contributed by atoms with Gasteiger partial charge >= 0.3 is 0 Å². The van der Waals surface area contributed by atoms with Gasteiger partial charge in [0.25, 0.3) is 0 Å². The van der Waals surface area contributed by atoms with Crippen LogP contribution in [0.15, 0.2) is 4.99 Å². The molecule has 0 aliphatic heterocycles. The summed E-state index contributed by atoms with van der Waals surface area (Å²) in [4.78, 5) is 20.3. The maximum atomic E-state index is 12.1. The average molecular weight is 396 g/mol. The highest BCUT2D eigenvalue weighted by Gasteiger charge is 2.34. The summed E-state index contributed by atoms with van der Waals surface area (Å²) < 4.78 is 0. The van der Waals surface area contributed by atoms with Crippen molar-refractivity contribution in [1.29, 1.82) is 0 Å². The smallest absolute Gasteiger partial charge is 0.242 e. The Morgan fingerprint density at radius 1 is 1.30 bits per heavy atom. The molecule has 1 saturated carbocycles. The summed E-state index contributed by atoms with van der Waals surface area (Å²) in [6.07, 6.45) is 1.20. The van der Waals surface area contributed by atoms with E-state index in [4.69, 9.17) is 0 Å². The summed E-state index contributed by atoms with van der Waals surface area (Å²) in [7, 11) is 1.93. The fourth-order valence-electron chi connectivity index (χ4n) is 2.07. The van der Waals surface area contributed by atoms with E-state index in [-0.39, 0.29) is 29.9 Å². The summed E-state index contributed by atoms with van der Waals surface area (Å²) in [6.45, 7) is 10.9. The average Bonchev–Trinajstić information content (AvgIpc) is 3.06. The van der Waals surface area contributed by atoms with E-state index in [1.54, 1.807) is 0 Å². The molecule has 0 spiro atoms. The van der Waals surface area contributed by atoms with Crippen LogP contribution >= 0.6 is 24.0 Å². The number of hydrogen-bond acceptors (Lipinski definition) is 2. The minimum absolute atomic E-state index is 0. The number of halogens is 1. The summed E-state index contributed by atoms with van der Waals surface area (Å²) in [5.41, 5.74) is 0. The first-order valence-electron chi connectivity index (χ1n) is 7.33. The van der Waals surface area contributed by atoms with Gasteiger partial charge in [-0.1, -0.05) is 6.92 Å². The molecule has 6 heteroatoms. The normalized spacial score (nSPS) is 20.9. The monoisotopic (exact) mass is 396 g/mol. The van der Waals surface area contributed by atoms with E-state index in [1.807, 2.05) is 37.6 Å². The number of nitrogens with zero attached hydrogens (tertiary/aromatic N) is 3. The minimum Gasteiger partial charge on any atom is -0.353 e. The second kappa shape index (κ2) is 9.41. The van der Waals surface area contributed by atoms with Crippen molar-refractivity contribution in [2.75, 3.05) is 33.2 Å². The van der Waals surface area contributed by atoms with Gasteiger partial charge in [-0.2, -0.15) is 0 Å². The maximum absolute atomic E-state index is 12.1. The molecule has 1 N–H and O–H groups in total. The van der Waals surface area contributed by atoms with Crippen molar-refractivity contribution < 1.29 is 4.79 Å². The van der Waals surface area contributed by atoms with Crippen LogP contribution in [-0.2, 0) is 4.79 Å². The first-order valence-corrected chi connectivity index (χ1v) is 7.33. The minimum atomic E-state index is 0. The lowest BCUT2D eigenvalue weighted by Crippen LogP contribution is -2.46. The summed E-state index contributed by atoms with van der Waals surface area (Å²) in [5.74, 6) is 1.72. The van der Waals surface area contributed by atoms with Crippen molar-refractivity contribution in [3.05, 3.63) is 0 Å². The van der Waals surface area contributed by atoms with Crippen LogP contribution in [0.4, 0.5) is 0 Å². The summed E-state index contributed by atoms with van der Waals surface area (Å²) in [5, 5.41) is 3.43. The summed E-state index contributed by atoms with van der Waals surface area (Å²) in [6, 6.07) is 0.524. The van der Waals surface area contributed by atoms with E-state index in [0.717, 1.165) is 25.6 Å². The predicted molar refractivity (Wildman–Crippen MR) is 94.7 cm³/mol. The lowest BCUT2D eigenvalue weighted by atomic mass is 10.4. The number of likely N-dealkylation sites (N-methyl/N-ethyl adjacent to an activating group) is 2. The van der Waals surface area contributed by atoms with Crippen LogP contribution in [0.25, 0.3) is 0 Å². The van der Waals surface area contributed by atoms with E-state index < -0.39 is 0 Å². The van der Waals surface area contributed by atoms with E-state index in [9.17, 15) is 4.79 Å². The molecule has 0 heterocycles. The first-order chi connectivity index (χ1) is 9.03. The molecule has 0 aromatic rings.